The van der Waals surface area contributed by atoms with Crippen molar-refractivity contribution >= 4 is 38.6 Å². The second-order valence-corrected chi connectivity index (χ2v) is 7.21. The van der Waals surface area contributed by atoms with Gasteiger partial charge in [-0.1, -0.05) is 0 Å². The van der Waals surface area contributed by atoms with Crippen LogP contribution in [-0.2, 0) is 0 Å². The lowest BCUT2D eigenvalue weighted by Crippen LogP contribution is -2.57. The van der Waals surface area contributed by atoms with E-state index in [-0.39, 0.29) is 27.6 Å². The first-order valence-corrected chi connectivity index (χ1v) is 8.67. The molecule has 3 saturated heterocycles. The number of imidazole rings is 1. The molecule has 9 heteroatoms. The summed E-state index contributed by atoms with van der Waals surface area (Å²) < 4.78 is 0.256. The van der Waals surface area contributed by atoms with Crippen LogP contribution in [0.4, 0.5) is 5.69 Å². The SMILES string of the molecule is O=C(NC1CN2CCC1CC2)c1cc(Br)c([N+](=O)[O-])c2nc[nH]c12. The molecule has 1 unspecified atom stereocenters. The molecule has 2 N–H and O–H groups in total. The van der Waals surface area contributed by atoms with Crippen molar-refractivity contribution in [3.63, 3.8) is 0 Å². The van der Waals surface area contributed by atoms with Crippen molar-refractivity contribution in [2.75, 3.05) is 19.6 Å². The van der Waals surface area contributed by atoms with Gasteiger partial charge in [-0.05, 0) is 53.8 Å². The predicted molar refractivity (Wildman–Crippen MR) is 90.9 cm³/mol. The number of benzene rings is 1. The molecule has 3 fully saturated rings. The molecule has 3 aliphatic heterocycles. The molecule has 0 radical (unpaired) electrons. The second kappa shape index (κ2) is 5.82. The number of amides is 1. The molecule has 8 nitrogen and oxygen atoms in total. The zero-order valence-electron chi connectivity index (χ0n) is 12.8. The first-order chi connectivity index (χ1) is 11.5. The van der Waals surface area contributed by atoms with E-state index in [0.29, 0.717) is 17.0 Å². The van der Waals surface area contributed by atoms with Crippen molar-refractivity contribution < 1.29 is 9.72 Å². The largest absolute Gasteiger partial charge is 0.348 e. The highest BCUT2D eigenvalue weighted by atomic mass is 79.9. The Bertz CT molecular complexity index is 828. The summed E-state index contributed by atoms with van der Waals surface area (Å²) in [5, 5.41) is 14.3. The number of piperidine rings is 3. The monoisotopic (exact) mass is 393 g/mol. The van der Waals surface area contributed by atoms with Gasteiger partial charge in [-0.15, -0.1) is 0 Å². The molecule has 1 aromatic carbocycles. The summed E-state index contributed by atoms with van der Waals surface area (Å²) in [5.74, 6) is 0.288. The lowest BCUT2D eigenvalue weighted by Gasteiger charge is -2.44. The summed E-state index contributed by atoms with van der Waals surface area (Å²) >= 11 is 3.20. The van der Waals surface area contributed by atoms with Crippen LogP contribution in [-0.4, -0.2) is 51.4 Å². The van der Waals surface area contributed by atoms with Crippen LogP contribution in [0.15, 0.2) is 16.9 Å². The Balaban J connectivity index is 1.67. The second-order valence-electron chi connectivity index (χ2n) is 6.36. The highest BCUT2D eigenvalue weighted by molar-refractivity contribution is 9.10. The summed E-state index contributed by atoms with van der Waals surface area (Å²) in [6.45, 7) is 3.08. The Kier molecular flexibility index (Phi) is 3.76. The summed E-state index contributed by atoms with van der Waals surface area (Å²) in [4.78, 5) is 32.7. The molecular formula is C15H16BrN5O3. The third kappa shape index (κ3) is 2.48. The Morgan fingerprint density at radius 3 is 2.83 bits per heavy atom. The van der Waals surface area contributed by atoms with E-state index in [9.17, 15) is 14.9 Å². The van der Waals surface area contributed by atoms with Gasteiger partial charge >= 0.3 is 5.69 Å². The first kappa shape index (κ1) is 15.5. The van der Waals surface area contributed by atoms with Gasteiger partial charge in [0.2, 0.25) is 0 Å². The summed E-state index contributed by atoms with van der Waals surface area (Å²) in [6, 6.07) is 1.63. The molecular weight excluding hydrogens is 378 g/mol. The Morgan fingerprint density at radius 1 is 1.46 bits per heavy atom. The fourth-order valence-electron chi connectivity index (χ4n) is 3.79. The van der Waals surface area contributed by atoms with Gasteiger partial charge in [0, 0.05) is 12.6 Å². The quantitative estimate of drug-likeness (QED) is 0.613. The highest BCUT2D eigenvalue weighted by Gasteiger charge is 2.35. The van der Waals surface area contributed by atoms with E-state index in [2.05, 4.69) is 36.1 Å². The average Bonchev–Trinajstić information content (AvgIpc) is 3.03. The van der Waals surface area contributed by atoms with Gasteiger partial charge < -0.3 is 15.2 Å². The lowest BCUT2D eigenvalue weighted by molar-refractivity contribution is -0.384. The molecule has 2 aromatic rings. The fraction of sp³-hybridized carbons (Fsp3) is 0.467. The van der Waals surface area contributed by atoms with Gasteiger partial charge in [-0.2, -0.15) is 0 Å². The molecule has 4 heterocycles. The van der Waals surface area contributed by atoms with Crippen molar-refractivity contribution in [1.29, 1.82) is 0 Å². The number of H-pyrrole nitrogens is 1. The number of nitro benzene ring substituents is 1. The average molecular weight is 394 g/mol. The van der Waals surface area contributed by atoms with Crippen LogP contribution in [0.2, 0.25) is 0 Å². The number of hydrogen-bond acceptors (Lipinski definition) is 5. The van der Waals surface area contributed by atoms with E-state index < -0.39 is 4.92 Å². The van der Waals surface area contributed by atoms with E-state index >= 15 is 0 Å². The molecule has 3 aliphatic rings. The van der Waals surface area contributed by atoms with E-state index in [1.165, 1.54) is 12.4 Å². The Labute approximate surface area is 145 Å². The van der Waals surface area contributed by atoms with Crippen LogP contribution >= 0.6 is 15.9 Å². The van der Waals surface area contributed by atoms with Gasteiger partial charge in [0.25, 0.3) is 5.91 Å². The minimum Gasteiger partial charge on any atom is -0.348 e. The number of nitrogens with zero attached hydrogens (tertiary/aromatic N) is 3. The molecule has 1 atom stereocenters. The molecule has 0 spiro atoms. The summed E-state index contributed by atoms with van der Waals surface area (Å²) in [6.07, 6.45) is 3.58. The maximum Gasteiger partial charge on any atom is 0.311 e. The Hall–Kier alpha value is -2.00. The molecule has 0 saturated carbocycles. The molecule has 1 amide bonds. The fourth-order valence-corrected chi connectivity index (χ4v) is 4.35. The first-order valence-electron chi connectivity index (χ1n) is 7.88. The van der Waals surface area contributed by atoms with E-state index in [4.69, 9.17) is 0 Å². The lowest BCUT2D eigenvalue weighted by atomic mass is 9.84. The van der Waals surface area contributed by atoms with Crippen LogP contribution in [0.3, 0.4) is 0 Å². The number of halogens is 1. The molecule has 1 aromatic heterocycles. The predicted octanol–water partition coefficient (Wildman–Crippen LogP) is 2.06. The maximum absolute atomic E-state index is 12.8. The number of rotatable bonds is 3. The van der Waals surface area contributed by atoms with Crippen LogP contribution in [0, 0.1) is 16.0 Å². The number of aromatic amines is 1. The van der Waals surface area contributed by atoms with Crippen LogP contribution in [0.25, 0.3) is 11.0 Å². The van der Waals surface area contributed by atoms with Crippen molar-refractivity contribution in [3.05, 3.63) is 32.5 Å². The number of carbonyl (C=O) groups excluding carboxylic acids is 1. The maximum atomic E-state index is 12.8. The minimum absolute atomic E-state index is 0.131. The van der Waals surface area contributed by atoms with Gasteiger partial charge in [0.15, 0.2) is 5.52 Å². The molecule has 5 rings (SSSR count). The highest BCUT2D eigenvalue weighted by Crippen LogP contribution is 2.34. The standard InChI is InChI=1S/C15H16BrN5O3/c16-10-5-9(12-13(18-7-17-12)14(10)21(23)24)15(22)19-11-6-20-3-1-8(11)2-4-20/h5,7-8,11H,1-4,6H2,(H,17,18)(H,19,22). The van der Waals surface area contributed by atoms with Crippen LogP contribution in [0.5, 0.6) is 0 Å². The molecule has 24 heavy (non-hydrogen) atoms. The number of fused-ring (bicyclic) bond motifs is 4. The van der Waals surface area contributed by atoms with Gasteiger partial charge in [-0.3, -0.25) is 14.9 Å². The molecule has 126 valence electrons. The number of nitro groups is 1. The van der Waals surface area contributed by atoms with Gasteiger partial charge in [-0.25, -0.2) is 4.98 Å². The third-order valence-corrected chi connectivity index (χ3v) is 5.63. The van der Waals surface area contributed by atoms with Crippen molar-refractivity contribution in [2.45, 2.75) is 18.9 Å². The molecule has 0 aliphatic carbocycles. The summed E-state index contributed by atoms with van der Waals surface area (Å²) in [5.41, 5.74) is 0.819. The smallest absolute Gasteiger partial charge is 0.311 e. The van der Waals surface area contributed by atoms with Gasteiger partial charge in [0.05, 0.1) is 26.8 Å². The minimum atomic E-state index is -0.498. The number of carbonyl (C=O) groups is 1. The van der Waals surface area contributed by atoms with E-state index in [1.54, 1.807) is 0 Å². The normalized spacial score (nSPS) is 25.8. The third-order valence-electron chi connectivity index (χ3n) is 5.03. The summed E-state index contributed by atoms with van der Waals surface area (Å²) in [7, 11) is 0. The van der Waals surface area contributed by atoms with E-state index in [0.717, 1.165) is 32.5 Å². The van der Waals surface area contributed by atoms with Crippen LogP contribution < -0.4 is 5.32 Å². The van der Waals surface area contributed by atoms with Crippen molar-refractivity contribution in [3.8, 4) is 0 Å². The van der Waals surface area contributed by atoms with Crippen molar-refractivity contribution in [2.24, 2.45) is 5.92 Å². The van der Waals surface area contributed by atoms with Gasteiger partial charge in [0.1, 0.15) is 0 Å². The number of nitrogens with one attached hydrogen (secondary N) is 2. The Morgan fingerprint density at radius 2 is 2.21 bits per heavy atom. The number of aromatic nitrogens is 2. The van der Waals surface area contributed by atoms with E-state index in [1.807, 2.05) is 0 Å². The zero-order chi connectivity index (χ0) is 16.8. The zero-order valence-corrected chi connectivity index (χ0v) is 14.4. The topological polar surface area (TPSA) is 104 Å². The van der Waals surface area contributed by atoms with Crippen molar-refractivity contribution in [1.82, 2.24) is 20.2 Å². The number of hydrogen-bond donors (Lipinski definition) is 2. The molecule has 2 bridgehead atoms. The van der Waals surface area contributed by atoms with Crippen LogP contribution in [0.1, 0.15) is 23.2 Å².